The van der Waals surface area contributed by atoms with E-state index in [0.717, 1.165) is 29.2 Å². The zero-order chi connectivity index (χ0) is 19.8. The molecule has 3 aromatic carbocycles. The second-order valence-electron chi connectivity index (χ2n) is 6.61. The van der Waals surface area contributed by atoms with E-state index < -0.39 is 0 Å². The summed E-state index contributed by atoms with van der Waals surface area (Å²) in [5.74, 6) is 1.47. The minimum Gasteiger partial charge on any atom is -0.490 e. The topological polar surface area (TPSA) is 30.5 Å². The number of rotatable bonds is 9. The van der Waals surface area contributed by atoms with Gasteiger partial charge in [-0.15, -0.1) is 0 Å². The summed E-state index contributed by atoms with van der Waals surface area (Å²) >= 11 is 6.22. The summed E-state index contributed by atoms with van der Waals surface area (Å²) in [4.78, 5) is 0. The van der Waals surface area contributed by atoms with Crippen molar-refractivity contribution >= 4 is 11.6 Å². The highest BCUT2D eigenvalue weighted by Crippen LogP contribution is 2.30. The summed E-state index contributed by atoms with van der Waals surface area (Å²) in [7, 11) is 0. The minimum atomic E-state index is 0.271. The number of halogens is 1. The molecule has 3 rings (SSSR count). The number of benzene rings is 3. The van der Waals surface area contributed by atoms with Crippen LogP contribution in [0.15, 0.2) is 72.8 Å². The van der Waals surface area contributed by atoms with Crippen molar-refractivity contribution in [3.8, 4) is 11.5 Å². The fraction of sp³-hybridized carbons (Fsp3) is 0.250. The van der Waals surface area contributed by atoms with Crippen LogP contribution in [0.3, 0.4) is 0 Å². The van der Waals surface area contributed by atoms with Crippen LogP contribution in [0.2, 0.25) is 5.02 Å². The molecule has 0 aliphatic heterocycles. The van der Waals surface area contributed by atoms with E-state index in [2.05, 4.69) is 42.6 Å². The highest BCUT2D eigenvalue weighted by Gasteiger charge is 2.10. The molecule has 1 unspecified atom stereocenters. The predicted octanol–water partition coefficient (Wildman–Crippen LogP) is 6.17. The Morgan fingerprint density at radius 3 is 2.39 bits per heavy atom. The van der Waals surface area contributed by atoms with E-state index in [9.17, 15) is 0 Å². The van der Waals surface area contributed by atoms with Crippen molar-refractivity contribution in [2.45, 2.75) is 33.0 Å². The van der Waals surface area contributed by atoms with Crippen molar-refractivity contribution in [3.63, 3.8) is 0 Å². The van der Waals surface area contributed by atoms with Gasteiger partial charge in [0.15, 0.2) is 11.5 Å². The van der Waals surface area contributed by atoms with Gasteiger partial charge in [0, 0.05) is 23.2 Å². The molecule has 0 spiro atoms. The number of hydrogen-bond acceptors (Lipinski definition) is 3. The zero-order valence-corrected chi connectivity index (χ0v) is 17.1. The van der Waals surface area contributed by atoms with Gasteiger partial charge in [-0.2, -0.15) is 0 Å². The molecule has 0 heterocycles. The first-order valence-electron chi connectivity index (χ1n) is 9.57. The largest absolute Gasteiger partial charge is 0.490 e. The van der Waals surface area contributed by atoms with Gasteiger partial charge in [0.2, 0.25) is 0 Å². The fourth-order valence-electron chi connectivity index (χ4n) is 2.95. The van der Waals surface area contributed by atoms with Crippen LogP contribution in [0.1, 0.15) is 36.6 Å². The van der Waals surface area contributed by atoms with Crippen molar-refractivity contribution in [3.05, 3.63) is 94.5 Å². The Morgan fingerprint density at radius 1 is 0.893 bits per heavy atom. The lowest BCUT2D eigenvalue weighted by Crippen LogP contribution is -2.18. The third-order valence-electron chi connectivity index (χ3n) is 4.56. The number of ether oxygens (including phenoxy) is 2. The first-order valence-corrected chi connectivity index (χ1v) is 9.95. The first-order chi connectivity index (χ1) is 13.7. The molecule has 4 heteroatoms. The molecule has 1 atom stereocenters. The lowest BCUT2D eigenvalue weighted by atomic mass is 10.1. The molecule has 0 aliphatic carbocycles. The van der Waals surface area contributed by atoms with Crippen LogP contribution >= 0.6 is 11.6 Å². The molecule has 0 bridgehead atoms. The second kappa shape index (κ2) is 10.2. The smallest absolute Gasteiger partial charge is 0.161 e. The van der Waals surface area contributed by atoms with E-state index in [-0.39, 0.29) is 6.04 Å². The van der Waals surface area contributed by atoms with Crippen molar-refractivity contribution in [1.82, 2.24) is 5.32 Å². The molecule has 1 N–H and O–H groups in total. The highest BCUT2D eigenvalue weighted by molar-refractivity contribution is 6.31. The van der Waals surface area contributed by atoms with Crippen LogP contribution < -0.4 is 14.8 Å². The molecule has 0 aliphatic rings. The highest BCUT2D eigenvalue weighted by atomic mass is 35.5. The molecular weight excluding hydrogens is 370 g/mol. The molecule has 0 fully saturated rings. The molecule has 0 amide bonds. The fourth-order valence-corrected chi connectivity index (χ4v) is 3.14. The summed E-state index contributed by atoms with van der Waals surface area (Å²) in [6.07, 6.45) is 0. The SMILES string of the molecule is CCOc1cc(CNC(C)c2ccccc2)ccc1OCc1ccccc1Cl. The Labute approximate surface area is 172 Å². The van der Waals surface area contributed by atoms with Gasteiger partial charge in [-0.25, -0.2) is 0 Å². The number of nitrogens with one attached hydrogen (secondary N) is 1. The van der Waals surface area contributed by atoms with E-state index >= 15 is 0 Å². The maximum Gasteiger partial charge on any atom is 0.161 e. The van der Waals surface area contributed by atoms with Gasteiger partial charge in [-0.1, -0.05) is 66.2 Å². The van der Waals surface area contributed by atoms with E-state index in [1.54, 1.807) is 0 Å². The standard InChI is InChI=1S/C24H26ClNO2/c1-3-27-24-15-19(16-26-18(2)20-9-5-4-6-10-20)13-14-23(24)28-17-21-11-7-8-12-22(21)25/h4-15,18,26H,3,16-17H2,1-2H3. The normalized spacial score (nSPS) is 11.8. The summed E-state index contributed by atoms with van der Waals surface area (Å²) in [6, 6.07) is 24.5. The monoisotopic (exact) mass is 395 g/mol. The Bertz CT molecular complexity index is 883. The molecule has 0 aromatic heterocycles. The van der Waals surface area contributed by atoms with Gasteiger partial charge in [-0.05, 0) is 43.2 Å². The van der Waals surface area contributed by atoms with Crippen molar-refractivity contribution in [2.24, 2.45) is 0 Å². The lowest BCUT2D eigenvalue weighted by Gasteiger charge is -2.16. The van der Waals surface area contributed by atoms with Crippen molar-refractivity contribution in [2.75, 3.05) is 6.61 Å². The van der Waals surface area contributed by atoms with Crippen LogP contribution in [-0.2, 0) is 13.2 Å². The molecule has 0 saturated heterocycles. The maximum absolute atomic E-state index is 6.22. The summed E-state index contributed by atoms with van der Waals surface area (Å²) in [5, 5.41) is 4.26. The van der Waals surface area contributed by atoms with Gasteiger partial charge in [0.05, 0.1) is 6.61 Å². The van der Waals surface area contributed by atoms with Crippen molar-refractivity contribution in [1.29, 1.82) is 0 Å². The Kier molecular flexibility index (Phi) is 7.35. The van der Waals surface area contributed by atoms with Crippen LogP contribution in [-0.4, -0.2) is 6.61 Å². The predicted molar refractivity (Wildman–Crippen MR) is 115 cm³/mol. The van der Waals surface area contributed by atoms with Gasteiger partial charge >= 0.3 is 0 Å². The first kappa shape index (κ1) is 20.2. The maximum atomic E-state index is 6.22. The van der Waals surface area contributed by atoms with Gasteiger partial charge in [0.25, 0.3) is 0 Å². The van der Waals surface area contributed by atoms with Gasteiger partial charge in [0.1, 0.15) is 6.61 Å². The van der Waals surface area contributed by atoms with Crippen LogP contribution in [0.5, 0.6) is 11.5 Å². The van der Waals surface area contributed by atoms with E-state index in [1.807, 2.05) is 49.4 Å². The van der Waals surface area contributed by atoms with E-state index in [0.29, 0.717) is 18.2 Å². The van der Waals surface area contributed by atoms with E-state index in [4.69, 9.17) is 21.1 Å². The van der Waals surface area contributed by atoms with Gasteiger partial charge in [-0.3, -0.25) is 0 Å². The Hall–Kier alpha value is -2.49. The Morgan fingerprint density at radius 2 is 1.64 bits per heavy atom. The van der Waals surface area contributed by atoms with Crippen molar-refractivity contribution < 1.29 is 9.47 Å². The zero-order valence-electron chi connectivity index (χ0n) is 16.3. The average Bonchev–Trinajstić information content (AvgIpc) is 2.73. The molecule has 0 radical (unpaired) electrons. The molecule has 0 saturated carbocycles. The van der Waals surface area contributed by atoms with Gasteiger partial charge < -0.3 is 14.8 Å². The minimum absolute atomic E-state index is 0.271. The molecule has 3 aromatic rings. The molecule has 3 nitrogen and oxygen atoms in total. The summed E-state index contributed by atoms with van der Waals surface area (Å²) in [6.45, 7) is 5.88. The van der Waals surface area contributed by atoms with Crippen LogP contribution in [0.25, 0.3) is 0 Å². The molecule has 146 valence electrons. The molecule has 28 heavy (non-hydrogen) atoms. The quantitative estimate of drug-likeness (QED) is 0.470. The Balaban J connectivity index is 1.65. The second-order valence-corrected chi connectivity index (χ2v) is 7.01. The number of hydrogen-bond donors (Lipinski definition) is 1. The third kappa shape index (κ3) is 5.51. The lowest BCUT2D eigenvalue weighted by molar-refractivity contribution is 0.269. The molecular formula is C24H26ClNO2. The summed E-state index contributed by atoms with van der Waals surface area (Å²) in [5.41, 5.74) is 3.37. The summed E-state index contributed by atoms with van der Waals surface area (Å²) < 4.78 is 11.8. The van der Waals surface area contributed by atoms with Crippen LogP contribution in [0.4, 0.5) is 0 Å². The third-order valence-corrected chi connectivity index (χ3v) is 4.93. The average molecular weight is 396 g/mol. The van der Waals surface area contributed by atoms with E-state index in [1.165, 1.54) is 5.56 Å². The van der Waals surface area contributed by atoms with Crippen LogP contribution in [0, 0.1) is 0 Å².